The van der Waals surface area contributed by atoms with E-state index in [9.17, 15) is 14.9 Å². The van der Waals surface area contributed by atoms with Crippen LogP contribution in [0.2, 0.25) is 0 Å². The first-order valence-corrected chi connectivity index (χ1v) is 7.77. The van der Waals surface area contributed by atoms with Crippen molar-refractivity contribution in [1.29, 1.82) is 0 Å². The summed E-state index contributed by atoms with van der Waals surface area (Å²) in [5, 5.41) is 14.0. The van der Waals surface area contributed by atoms with Gasteiger partial charge in [0, 0.05) is 17.5 Å². The number of hydrogen-bond donors (Lipinski definition) is 4. The lowest BCUT2D eigenvalue weighted by Gasteiger charge is -2.17. The Morgan fingerprint density at radius 2 is 2.04 bits per heavy atom. The van der Waals surface area contributed by atoms with E-state index >= 15 is 0 Å². The van der Waals surface area contributed by atoms with Crippen molar-refractivity contribution in [2.75, 3.05) is 6.54 Å². The van der Waals surface area contributed by atoms with Crippen molar-refractivity contribution in [3.8, 4) is 0 Å². The summed E-state index contributed by atoms with van der Waals surface area (Å²) in [6.45, 7) is 2.18. The molecule has 1 saturated heterocycles. The van der Waals surface area contributed by atoms with Crippen molar-refractivity contribution < 1.29 is 9.72 Å². The summed E-state index contributed by atoms with van der Waals surface area (Å²) < 4.78 is 0. The first kappa shape index (κ1) is 20.3. The lowest BCUT2D eigenvalue weighted by molar-refractivity contribution is -0.523. The Kier molecular flexibility index (Phi) is 8.06. The number of hydrogen-bond acceptors (Lipinski definition) is 6. The van der Waals surface area contributed by atoms with E-state index in [0.29, 0.717) is 6.42 Å². The fraction of sp³-hybridized carbons (Fsp3) is 0.533. The molecule has 0 aliphatic carbocycles. The van der Waals surface area contributed by atoms with Crippen LogP contribution >= 0.6 is 12.4 Å². The van der Waals surface area contributed by atoms with Gasteiger partial charge in [-0.15, -0.1) is 12.4 Å². The van der Waals surface area contributed by atoms with Crippen molar-refractivity contribution in [1.82, 2.24) is 16.2 Å². The van der Waals surface area contributed by atoms with Gasteiger partial charge in [0.1, 0.15) is 0 Å². The van der Waals surface area contributed by atoms with Gasteiger partial charge in [-0.25, -0.2) is 10.9 Å². The number of amides is 1. The molecule has 0 saturated carbocycles. The van der Waals surface area contributed by atoms with Crippen LogP contribution in [0.4, 0.5) is 0 Å². The van der Waals surface area contributed by atoms with Gasteiger partial charge >= 0.3 is 0 Å². The Labute approximate surface area is 147 Å². The van der Waals surface area contributed by atoms with E-state index in [-0.39, 0.29) is 31.0 Å². The summed E-state index contributed by atoms with van der Waals surface area (Å²) >= 11 is 0. The van der Waals surface area contributed by atoms with Crippen LogP contribution < -0.4 is 21.9 Å². The number of hydrazine groups is 1. The van der Waals surface area contributed by atoms with Crippen LogP contribution in [-0.2, 0) is 4.79 Å². The largest absolute Gasteiger partial charge is 0.353 e. The molecule has 1 aromatic carbocycles. The minimum atomic E-state index is -0.983. The number of nitrogens with one attached hydrogen (secondary N) is 3. The van der Waals surface area contributed by atoms with Gasteiger partial charge < -0.3 is 11.1 Å². The maximum atomic E-state index is 12.3. The van der Waals surface area contributed by atoms with Gasteiger partial charge in [-0.1, -0.05) is 43.7 Å². The SMILES string of the molecule is CCCC1NNC(C(=O)NCC(N)c2ccccc2)C1[N+](=O)[O-].Cl. The summed E-state index contributed by atoms with van der Waals surface area (Å²) in [5.74, 6) is -0.413. The molecule has 1 fully saturated rings. The zero-order valence-electron chi connectivity index (χ0n) is 13.5. The maximum absolute atomic E-state index is 12.3. The average molecular weight is 358 g/mol. The molecule has 4 atom stereocenters. The Morgan fingerprint density at radius 3 is 2.62 bits per heavy atom. The first-order chi connectivity index (χ1) is 11.0. The number of carbonyl (C=O) groups excluding carboxylic acids is 1. The highest BCUT2D eigenvalue weighted by Gasteiger charge is 2.48. The monoisotopic (exact) mass is 357 g/mol. The predicted molar refractivity (Wildman–Crippen MR) is 93.2 cm³/mol. The molecule has 1 aliphatic heterocycles. The summed E-state index contributed by atoms with van der Waals surface area (Å²) in [4.78, 5) is 23.2. The molecule has 0 spiro atoms. The number of carbonyl (C=O) groups is 1. The van der Waals surface area contributed by atoms with E-state index in [2.05, 4.69) is 16.2 Å². The number of nitro groups is 1. The van der Waals surface area contributed by atoms with Gasteiger partial charge in [0.2, 0.25) is 5.91 Å². The molecule has 8 nitrogen and oxygen atoms in total. The van der Waals surface area contributed by atoms with E-state index in [1.54, 1.807) is 0 Å². The summed E-state index contributed by atoms with van der Waals surface area (Å²) in [5.41, 5.74) is 12.5. The molecule has 1 aromatic rings. The molecular weight excluding hydrogens is 334 g/mol. The smallest absolute Gasteiger partial charge is 0.254 e. The predicted octanol–water partition coefficient (Wildman–Crippen LogP) is 0.515. The standard InChI is InChI=1S/C15H23N5O3.ClH/c1-2-6-12-14(20(22)23)13(19-18-12)15(21)17-9-11(16)10-7-4-3-5-8-10;/h3-5,7-8,11-14,18-19H,2,6,9,16H2,1H3,(H,17,21);1H. The van der Waals surface area contributed by atoms with Crippen LogP contribution in [0.25, 0.3) is 0 Å². The van der Waals surface area contributed by atoms with Crippen molar-refractivity contribution in [3.63, 3.8) is 0 Å². The number of nitrogens with two attached hydrogens (primary N) is 1. The zero-order valence-corrected chi connectivity index (χ0v) is 14.3. The van der Waals surface area contributed by atoms with Crippen LogP contribution in [0.3, 0.4) is 0 Å². The fourth-order valence-corrected chi connectivity index (χ4v) is 2.78. The number of rotatable bonds is 7. The third-order valence-electron chi connectivity index (χ3n) is 4.03. The van der Waals surface area contributed by atoms with Gasteiger partial charge in [0.05, 0.1) is 6.04 Å². The molecule has 0 aromatic heterocycles. The number of benzene rings is 1. The molecular formula is C15H24ClN5O3. The van der Waals surface area contributed by atoms with Gasteiger partial charge in [0.25, 0.3) is 6.04 Å². The number of nitrogens with zero attached hydrogens (tertiary/aromatic N) is 1. The molecule has 134 valence electrons. The molecule has 4 unspecified atom stereocenters. The van der Waals surface area contributed by atoms with Gasteiger partial charge in [-0.3, -0.25) is 14.9 Å². The normalized spacial score (nSPS) is 24.0. The minimum absolute atomic E-state index is 0. The van der Waals surface area contributed by atoms with Crippen LogP contribution in [0.15, 0.2) is 30.3 Å². The van der Waals surface area contributed by atoms with Crippen molar-refractivity contribution in [2.45, 2.75) is 43.9 Å². The highest BCUT2D eigenvalue weighted by atomic mass is 35.5. The van der Waals surface area contributed by atoms with Crippen LogP contribution in [0, 0.1) is 10.1 Å². The molecule has 9 heteroatoms. The van der Waals surface area contributed by atoms with Gasteiger partial charge in [-0.2, -0.15) is 0 Å². The molecule has 0 radical (unpaired) electrons. The highest BCUT2D eigenvalue weighted by Crippen LogP contribution is 2.15. The van der Waals surface area contributed by atoms with Crippen molar-refractivity contribution in [3.05, 3.63) is 46.0 Å². The van der Waals surface area contributed by atoms with E-state index in [1.807, 2.05) is 37.3 Å². The van der Waals surface area contributed by atoms with Crippen molar-refractivity contribution in [2.24, 2.45) is 5.73 Å². The van der Waals surface area contributed by atoms with E-state index < -0.39 is 22.9 Å². The Hall–Kier alpha value is -1.74. The van der Waals surface area contributed by atoms with Gasteiger partial charge in [-0.05, 0) is 12.0 Å². The first-order valence-electron chi connectivity index (χ1n) is 7.77. The third kappa shape index (κ3) is 4.88. The quantitative estimate of drug-likeness (QED) is 0.416. The third-order valence-corrected chi connectivity index (χ3v) is 4.03. The minimum Gasteiger partial charge on any atom is -0.353 e. The Bertz CT molecular complexity index is 545. The van der Waals surface area contributed by atoms with E-state index in [0.717, 1.165) is 12.0 Å². The zero-order chi connectivity index (χ0) is 16.8. The Balaban J connectivity index is 0.00000288. The average Bonchev–Trinajstić information content (AvgIpc) is 2.97. The molecule has 24 heavy (non-hydrogen) atoms. The highest BCUT2D eigenvalue weighted by molar-refractivity contribution is 5.85. The van der Waals surface area contributed by atoms with Crippen LogP contribution in [0.5, 0.6) is 0 Å². The summed E-state index contributed by atoms with van der Waals surface area (Å²) in [7, 11) is 0. The van der Waals surface area contributed by atoms with Crippen LogP contribution in [0.1, 0.15) is 31.4 Å². The lowest BCUT2D eigenvalue weighted by atomic mass is 9.99. The second-order valence-corrected chi connectivity index (χ2v) is 5.70. The summed E-state index contributed by atoms with van der Waals surface area (Å²) in [6, 6.07) is 6.80. The van der Waals surface area contributed by atoms with Gasteiger partial charge in [0.15, 0.2) is 6.04 Å². The molecule has 5 N–H and O–H groups in total. The van der Waals surface area contributed by atoms with E-state index in [1.165, 1.54) is 0 Å². The van der Waals surface area contributed by atoms with Crippen LogP contribution in [-0.4, -0.2) is 35.5 Å². The summed E-state index contributed by atoms with van der Waals surface area (Å²) in [6.07, 6.45) is 1.43. The molecule has 1 heterocycles. The number of halogens is 1. The molecule has 1 amide bonds. The molecule has 0 bridgehead atoms. The van der Waals surface area contributed by atoms with E-state index in [4.69, 9.17) is 5.73 Å². The second-order valence-electron chi connectivity index (χ2n) is 5.70. The van der Waals surface area contributed by atoms with Crippen molar-refractivity contribution >= 4 is 18.3 Å². The second kappa shape index (κ2) is 9.53. The fourth-order valence-electron chi connectivity index (χ4n) is 2.78. The molecule has 2 rings (SSSR count). The molecule has 1 aliphatic rings. The topological polar surface area (TPSA) is 122 Å². The lowest BCUT2D eigenvalue weighted by Crippen LogP contribution is -2.51. The maximum Gasteiger partial charge on any atom is 0.254 e. The Morgan fingerprint density at radius 1 is 1.38 bits per heavy atom.